The van der Waals surface area contributed by atoms with Crippen molar-refractivity contribution in [2.24, 2.45) is 0 Å². The van der Waals surface area contributed by atoms with Gasteiger partial charge in [0.15, 0.2) is 0 Å². The number of benzene rings is 1. The summed E-state index contributed by atoms with van der Waals surface area (Å²) in [4.78, 5) is 10.3. The predicted octanol–water partition coefficient (Wildman–Crippen LogP) is 3.27. The molecule has 1 fully saturated rings. The molecule has 0 unspecified atom stereocenters. The van der Waals surface area contributed by atoms with E-state index < -0.39 is 0 Å². The van der Waals surface area contributed by atoms with E-state index in [4.69, 9.17) is 4.74 Å². The Balaban J connectivity index is 1.77. The number of ether oxygens (including phenoxy) is 1. The van der Waals surface area contributed by atoms with Crippen molar-refractivity contribution in [3.8, 4) is 0 Å². The lowest BCUT2D eigenvalue weighted by molar-refractivity contribution is -0.384. The summed E-state index contributed by atoms with van der Waals surface area (Å²) in [6, 6.07) is 4.86. The molecule has 1 saturated carbocycles. The minimum atomic E-state index is -0.375. The molecule has 1 aliphatic rings. The van der Waals surface area contributed by atoms with Gasteiger partial charge in [0.2, 0.25) is 0 Å². The van der Waals surface area contributed by atoms with Crippen molar-refractivity contribution in [2.45, 2.75) is 38.7 Å². The molecule has 1 aromatic carbocycles. The van der Waals surface area contributed by atoms with E-state index in [-0.39, 0.29) is 10.6 Å². The quantitative estimate of drug-likeness (QED) is 0.486. The SMILES string of the molecule is Cc1cc([N+](=O)[O-])ccc1NCCOC1CCCC1. The summed E-state index contributed by atoms with van der Waals surface area (Å²) in [6.07, 6.45) is 5.34. The maximum absolute atomic E-state index is 10.6. The molecule has 0 saturated heterocycles. The molecule has 0 bridgehead atoms. The fraction of sp³-hybridized carbons (Fsp3) is 0.571. The number of aryl methyl sites for hydroxylation is 1. The fourth-order valence-corrected chi connectivity index (χ4v) is 2.43. The number of nitro groups is 1. The minimum Gasteiger partial charge on any atom is -0.383 e. The van der Waals surface area contributed by atoms with Gasteiger partial charge in [0.25, 0.3) is 5.69 Å². The maximum atomic E-state index is 10.6. The van der Waals surface area contributed by atoms with Crippen LogP contribution in [0.15, 0.2) is 18.2 Å². The number of nitrogens with one attached hydrogen (secondary N) is 1. The first-order chi connectivity index (χ1) is 9.16. The lowest BCUT2D eigenvalue weighted by Crippen LogP contribution is -2.15. The summed E-state index contributed by atoms with van der Waals surface area (Å²) < 4.78 is 5.76. The summed E-state index contributed by atoms with van der Waals surface area (Å²) in [5, 5.41) is 13.9. The second-order valence-corrected chi connectivity index (χ2v) is 4.96. The van der Waals surface area contributed by atoms with Crippen LogP contribution in [0.5, 0.6) is 0 Å². The van der Waals surface area contributed by atoms with Gasteiger partial charge in [0.05, 0.1) is 17.6 Å². The van der Waals surface area contributed by atoms with Gasteiger partial charge in [-0.3, -0.25) is 10.1 Å². The standard InChI is InChI=1S/C14H20N2O3/c1-11-10-12(16(17)18)6-7-14(11)15-8-9-19-13-4-2-3-5-13/h6-7,10,13,15H,2-5,8-9H2,1H3. The monoisotopic (exact) mass is 264 g/mol. The van der Waals surface area contributed by atoms with Crippen molar-refractivity contribution in [1.29, 1.82) is 0 Å². The molecule has 0 atom stereocenters. The van der Waals surface area contributed by atoms with E-state index >= 15 is 0 Å². The first-order valence-corrected chi connectivity index (χ1v) is 6.77. The number of hydrogen-bond donors (Lipinski definition) is 1. The Bertz CT molecular complexity index is 442. The molecule has 1 aliphatic carbocycles. The van der Waals surface area contributed by atoms with Crippen LogP contribution >= 0.6 is 0 Å². The smallest absolute Gasteiger partial charge is 0.269 e. The lowest BCUT2D eigenvalue weighted by Gasteiger charge is -2.13. The first kappa shape index (κ1) is 13.8. The third-order valence-corrected chi connectivity index (χ3v) is 3.49. The van der Waals surface area contributed by atoms with E-state index in [0.29, 0.717) is 12.7 Å². The number of hydrogen-bond acceptors (Lipinski definition) is 4. The molecule has 2 rings (SSSR count). The Hall–Kier alpha value is -1.62. The summed E-state index contributed by atoms with van der Waals surface area (Å²) in [5.41, 5.74) is 1.95. The lowest BCUT2D eigenvalue weighted by atomic mass is 10.2. The molecule has 0 radical (unpaired) electrons. The van der Waals surface area contributed by atoms with E-state index in [1.54, 1.807) is 12.1 Å². The molecule has 0 heterocycles. The third kappa shape index (κ3) is 3.92. The molecule has 5 heteroatoms. The summed E-state index contributed by atoms with van der Waals surface area (Å²) in [7, 11) is 0. The van der Waals surface area contributed by atoms with Gasteiger partial charge >= 0.3 is 0 Å². The van der Waals surface area contributed by atoms with Crippen LogP contribution in [-0.4, -0.2) is 24.2 Å². The van der Waals surface area contributed by atoms with Crippen LogP contribution in [0.1, 0.15) is 31.2 Å². The molecule has 1 aromatic rings. The minimum absolute atomic E-state index is 0.130. The molecular formula is C14H20N2O3. The molecule has 0 spiro atoms. The van der Waals surface area contributed by atoms with Crippen LogP contribution in [-0.2, 0) is 4.74 Å². The van der Waals surface area contributed by atoms with Gasteiger partial charge in [-0.1, -0.05) is 12.8 Å². The van der Waals surface area contributed by atoms with Gasteiger partial charge in [-0.15, -0.1) is 0 Å². The van der Waals surface area contributed by atoms with Gasteiger partial charge in [-0.25, -0.2) is 0 Å². The van der Waals surface area contributed by atoms with Crippen molar-refractivity contribution >= 4 is 11.4 Å². The van der Waals surface area contributed by atoms with Crippen molar-refractivity contribution in [3.63, 3.8) is 0 Å². The van der Waals surface area contributed by atoms with Crippen LogP contribution in [0.3, 0.4) is 0 Å². The molecule has 0 amide bonds. The van der Waals surface area contributed by atoms with Crippen molar-refractivity contribution in [1.82, 2.24) is 0 Å². The highest BCUT2D eigenvalue weighted by Gasteiger charge is 2.14. The average molecular weight is 264 g/mol. The van der Waals surface area contributed by atoms with Crippen LogP contribution < -0.4 is 5.32 Å². The number of anilines is 1. The third-order valence-electron chi connectivity index (χ3n) is 3.49. The fourth-order valence-electron chi connectivity index (χ4n) is 2.43. The van der Waals surface area contributed by atoms with Crippen LogP contribution in [0, 0.1) is 17.0 Å². The average Bonchev–Trinajstić information content (AvgIpc) is 2.89. The van der Waals surface area contributed by atoms with E-state index in [1.807, 2.05) is 6.92 Å². The highest BCUT2D eigenvalue weighted by molar-refractivity contribution is 5.55. The van der Waals surface area contributed by atoms with Gasteiger partial charge < -0.3 is 10.1 Å². The second kappa shape index (κ2) is 6.52. The normalized spacial score (nSPS) is 15.6. The molecule has 1 N–H and O–H groups in total. The van der Waals surface area contributed by atoms with E-state index in [9.17, 15) is 10.1 Å². The van der Waals surface area contributed by atoms with Gasteiger partial charge in [-0.2, -0.15) is 0 Å². The zero-order valence-corrected chi connectivity index (χ0v) is 11.2. The molecule has 5 nitrogen and oxygen atoms in total. The Morgan fingerprint density at radius 2 is 2.16 bits per heavy atom. The van der Waals surface area contributed by atoms with Crippen LogP contribution in [0.2, 0.25) is 0 Å². The zero-order chi connectivity index (χ0) is 13.7. The maximum Gasteiger partial charge on any atom is 0.269 e. The Morgan fingerprint density at radius 3 is 2.79 bits per heavy atom. The molecule has 19 heavy (non-hydrogen) atoms. The predicted molar refractivity (Wildman–Crippen MR) is 74.5 cm³/mol. The summed E-state index contributed by atoms with van der Waals surface area (Å²) >= 11 is 0. The number of non-ortho nitro benzene ring substituents is 1. The largest absolute Gasteiger partial charge is 0.383 e. The molecule has 0 aliphatic heterocycles. The molecule has 104 valence electrons. The Kier molecular flexibility index (Phi) is 4.74. The van der Waals surface area contributed by atoms with Crippen molar-refractivity contribution in [2.75, 3.05) is 18.5 Å². The van der Waals surface area contributed by atoms with E-state index in [1.165, 1.54) is 31.7 Å². The van der Waals surface area contributed by atoms with Gasteiger partial charge in [0.1, 0.15) is 0 Å². The second-order valence-electron chi connectivity index (χ2n) is 4.96. The number of nitrogens with zero attached hydrogens (tertiary/aromatic N) is 1. The molecular weight excluding hydrogens is 244 g/mol. The number of rotatable bonds is 6. The highest BCUT2D eigenvalue weighted by Crippen LogP contribution is 2.22. The first-order valence-electron chi connectivity index (χ1n) is 6.77. The number of nitro benzene ring substituents is 1. The van der Waals surface area contributed by atoms with Gasteiger partial charge in [0, 0.05) is 24.4 Å². The van der Waals surface area contributed by atoms with Crippen LogP contribution in [0.25, 0.3) is 0 Å². The van der Waals surface area contributed by atoms with Gasteiger partial charge in [-0.05, 0) is 31.4 Å². The van der Waals surface area contributed by atoms with Crippen molar-refractivity contribution in [3.05, 3.63) is 33.9 Å². The van der Waals surface area contributed by atoms with Crippen LogP contribution in [0.4, 0.5) is 11.4 Å². The van der Waals surface area contributed by atoms with Crippen molar-refractivity contribution < 1.29 is 9.66 Å². The highest BCUT2D eigenvalue weighted by atomic mass is 16.6. The van der Waals surface area contributed by atoms with E-state index in [0.717, 1.165) is 17.8 Å². The topological polar surface area (TPSA) is 64.4 Å². The Morgan fingerprint density at radius 1 is 1.42 bits per heavy atom. The molecule has 0 aromatic heterocycles. The summed E-state index contributed by atoms with van der Waals surface area (Å²) in [6.45, 7) is 3.28. The zero-order valence-electron chi connectivity index (χ0n) is 11.2. The van der Waals surface area contributed by atoms with E-state index in [2.05, 4.69) is 5.32 Å². The summed E-state index contributed by atoms with van der Waals surface area (Å²) in [5.74, 6) is 0. The Labute approximate surface area is 113 Å².